The van der Waals surface area contributed by atoms with Crippen LogP contribution in [0.5, 0.6) is 17.2 Å². The average molecular weight is 507 g/mol. The molecule has 0 aromatic heterocycles. The van der Waals surface area contributed by atoms with Gasteiger partial charge < -0.3 is 24.8 Å². The van der Waals surface area contributed by atoms with Crippen molar-refractivity contribution < 1.29 is 23.8 Å². The topological polar surface area (TPSA) is 85.9 Å². The van der Waals surface area contributed by atoms with Gasteiger partial charge in [-0.3, -0.25) is 9.59 Å². The molecule has 3 aromatic rings. The van der Waals surface area contributed by atoms with E-state index in [9.17, 15) is 9.59 Å². The molecule has 2 amide bonds. The van der Waals surface area contributed by atoms with E-state index >= 15 is 0 Å². The smallest absolute Gasteiger partial charge is 0.252 e. The van der Waals surface area contributed by atoms with Gasteiger partial charge in [0.25, 0.3) is 5.91 Å². The van der Waals surface area contributed by atoms with Crippen molar-refractivity contribution in [1.82, 2.24) is 5.32 Å². The number of amides is 2. The molecule has 36 heavy (non-hydrogen) atoms. The van der Waals surface area contributed by atoms with Gasteiger partial charge in [-0.1, -0.05) is 30.3 Å². The van der Waals surface area contributed by atoms with E-state index in [4.69, 9.17) is 14.2 Å². The van der Waals surface area contributed by atoms with Gasteiger partial charge in [0.2, 0.25) is 11.7 Å². The summed E-state index contributed by atoms with van der Waals surface area (Å²) in [5.41, 5.74) is 5.91. The number of rotatable bonds is 10. The zero-order valence-electron chi connectivity index (χ0n) is 20.8. The Kier molecular flexibility index (Phi) is 8.05. The molecule has 3 aromatic carbocycles. The SMILES string of the molecule is COc1cc(C(=O)N[C@H](CCSC)C(=O)Nc2ccc3c(c2)Cc2ccccc2-3)cc(OC)c1OC. The first kappa shape index (κ1) is 25.4. The summed E-state index contributed by atoms with van der Waals surface area (Å²) in [7, 11) is 4.48. The first-order chi connectivity index (χ1) is 17.5. The highest BCUT2D eigenvalue weighted by atomic mass is 32.2. The lowest BCUT2D eigenvalue weighted by atomic mass is 10.1. The molecule has 1 atom stereocenters. The van der Waals surface area contributed by atoms with Crippen LogP contribution in [-0.2, 0) is 11.2 Å². The number of carbonyl (C=O) groups excluding carboxylic acids is 2. The normalized spacial score (nSPS) is 12.2. The summed E-state index contributed by atoms with van der Waals surface area (Å²) in [6.07, 6.45) is 3.29. The number of anilines is 1. The van der Waals surface area contributed by atoms with E-state index in [1.54, 1.807) is 23.9 Å². The molecule has 0 heterocycles. The molecule has 188 valence electrons. The molecule has 8 heteroatoms. The third-order valence-electron chi connectivity index (χ3n) is 6.22. The highest BCUT2D eigenvalue weighted by Crippen LogP contribution is 2.39. The van der Waals surface area contributed by atoms with Crippen LogP contribution >= 0.6 is 11.8 Å². The van der Waals surface area contributed by atoms with E-state index in [0.29, 0.717) is 40.7 Å². The van der Waals surface area contributed by atoms with Crippen molar-refractivity contribution in [1.29, 1.82) is 0 Å². The molecule has 1 aliphatic rings. The quantitative estimate of drug-likeness (QED) is 0.322. The van der Waals surface area contributed by atoms with Gasteiger partial charge in [-0.05, 0) is 71.4 Å². The zero-order chi connectivity index (χ0) is 25.7. The number of fused-ring (bicyclic) bond motifs is 3. The molecule has 0 spiro atoms. The minimum absolute atomic E-state index is 0.264. The maximum absolute atomic E-state index is 13.2. The fourth-order valence-corrected chi connectivity index (χ4v) is 4.88. The minimum Gasteiger partial charge on any atom is -0.493 e. The van der Waals surface area contributed by atoms with Crippen LogP contribution in [0.2, 0.25) is 0 Å². The molecule has 0 saturated heterocycles. The molecule has 2 N–H and O–H groups in total. The van der Waals surface area contributed by atoms with Crippen molar-refractivity contribution in [2.45, 2.75) is 18.9 Å². The monoisotopic (exact) mass is 506 g/mol. The zero-order valence-corrected chi connectivity index (χ0v) is 21.7. The van der Waals surface area contributed by atoms with Crippen LogP contribution < -0.4 is 24.8 Å². The second-order valence-electron chi connectivity index (χ2n) is 8.42. The van der Waals surface area contributed by atoms with Crippen molar-refractivity contribution in [3.8, 4) is 28.4 Å². The van der Waals surface area contributed by atoms with Crippen LogP contribution in [0.1, 0.15) is 27.9 Å². The van der Waals surface area contributed by atoms with Crippen molar-refractivity contribution in [3.05, 3.63) is 71.3 Å². The van der Waals surface area contributed by atoms with Gasteiger partial charge in [0, 0.05) is 11.3 Å². The lowest BCUT2D eigenvalue weighted by Crippen LogP contribution is -2.44. The maximum atomic E-state index is 13.2. The highest BCUT2D eigenvalue weighted by Gasteiger charge is 2.24. The van der Waals surface area contributed by atoms with E-state index < -0.39 is 11.9 Å². The Bertz CT molecular complexity index is 1250. The van der Waals surface area contributed by atoms with Crippen molar-refractivity contribution >= 4 is 29.3 Å². The van der Waals surface area contributed by atoms with E-state index in [1.165, 1.54) is 43.6 Å². The molecule has 0 saturated carbocycles. The fraction of sp³-hybridized carbons (Fsp3) is 0.286. The van der Waals surface area contributed by atoms with Crippen LogP contribution in [-0.4, -0.2) is 51.2 Å². The molecule has 0 aliphatic heterocycles. The van der Waals surface area contributed by atoms with Crippen LogP contribution in [0.3, 0.4) is 0 Å². The number of hydrogen-bond donors (Lipinski definition) is 2. The summed E-state index contributed by atoms with van der Waals surface area (Å²) in [5.74, 6) is 1.18. The van der Waals surface area contributed by atoms with Crippen LogP contribution in [0.15, 0.2) is 54.6 Å². The van der Waals surface area contributed by atoms with E-state index in [1.807, 2.05) is 36.6 Å². The Morgan fingerprint density at radius 3 is 2.28 bits per heavy atom. The van der Waals surface area contributed by atoms with Gasteiger partial charge in [-0.15, -0.1) is 0 Å². The Labute approximate surface area is 215 Å². The van der Waals surface area contributed by atoms with Crippen molar-refractivity contribution in [2.75, 3.05) is 38.7 Å². The fourth-order valence-electron chi connectivity index (χ4n) is 4.41. The predicted octanol–water partition coefficient (Wildman–Crippen LogP) is 4.77. The van der Waals surface area contributed by atoms with Crippen LogP contribution in [0, 0.1) is 0 Å². The Hall–Kier alpha value is -3.65. The van der Waals surface area contributed by atoms with Gasteiger partial charge in [0.05, 0.1) is 21.3 Å². The van der Waals surface area contributed by atoms with E-state index in [2.05, 4.69) is 22.8 Å². The number of nitrogens with one attached hydrogen (secondary N) is 2. The first-order valence-electron chi connectivity index (χ1n) is 11.6. The van der Waals surface area contributed by atoms with Crippen molar-refractivity contribution in [3.63, 3.8) is 0 Å². The number of benzene rings is 3. The lowest BCUT2D eigenvalue weighted by molar-refractivity contribution is -0.118. The summed E-state index contributed by atoms with van der Waals surface area (Å²) in [6.45, 7) is 0. The third-order valence-corrected chi connectivity index (χ3v) is 6.86. The van der Waals surface area contributed by atoms with Gasteiger partial charge >= 0.3 is 0 Å². The molecule has 0 unspecified atom stereocenters. The number of hydrogen-bond acceptors (Lipinski definition) is 6. The molecule has 4 rings (SSSR count). The Morgan fingerprint density at radius 1 is 0.917 bits per heavy atom. The average Bonchev–Trinajstić information content (AvgIpc) is 3.27. The summed E-state index contributed by atoms with van der Waals surface area (Å²) in [5, 5.41) is 5.87. The highest BCUT2D eigenvalue weighted by molar-refractivity contribution is 7.98. The van der Waals surface area contributed by atoms with Gasteiger partial charge in [-0.25, -0.2) is 0 Å². The van der Waals surface area contributed by atoms with Gasteiger partial charge in [0.1, 0.15) is 6.04 Å². The molecule has 0 bridgehead atoms. The van der Waals surface area contributed by atoms with Crippen molar-refractivity contribution in [2.24, 2.45) is 0 Å². The summed E-state index contributed by atoms with van der Waals surface area (Å²) >= 11 is 1.62. The maximum Gasteiger partial charge on any atom is 0.252 e. The lowest BCUT2D eigenvalue weighted by Gasteiger charge is -2.19. The molecule has 0 radical (unpaired) electrons. The second kappa shape index (κ2) is 11.4. The molecule has 1 aliphatic carbocycles. The summed E-state index contributed by atoms with van der Waals surface area (Å²) in [6, 6.07) is 16.7. The second-order valence-corrected chi connectivity index (χ2v) is 9.40. The number of ether oxygens (including phenoxy) is 3. The molecular formula is C28H30N2O5S. The van der Waals surface area contributed by atoms with Crippen LogP contribution in [0.4, 0.5) is 5.69 Å². The predicted molar refractivity (Wildman–Crippen MR) is 144 cm³/mol. The largest absolute Gasteiger partial charge is 0.493 e. The minimum atomic E-state index is -0.713. The Morgan fingerprint density at radius 2 is 1.61 bits per heavy atom. The molecule has 0 fully saturated rings. The van der Waals surface area contributed by atoms with Gasteiger partial charge in [0.15, 0.2) is 11.5 Å². The van der Waals surface area contributed by atoms with Crippen LogP contribution in [0.25, 0.3) is 11.1 Å². The molecule has 7 nitrogen and oxygen atoms in total. The standard InChI is InChI=1S/C28H30N2O5S/c1-33-24-15-19(16-25(34-2)26(24)35-3)27(31)30-23(11-12-36-4)28(32)29-20-9-10-22-18(14-20)13-17-7-5-6-8-21(17)22/h5-10,14-16,23H,11-13H2,1-4H3,(H,29,32)(H,30,31)/t23-/m1/s1. The number of methoxy groups -OCH3 is 3. The first-order valence-corrected chi connectivity index (χ1v) is 13.0. The third kappa shape index (κ3) is 5.28. The van der Waals surface area contributed by atoms with Gasteiger partial charge in [-0.2, -0.15) is 11.8 Å². The van der Waals surface area contributed by atoms with E-state index in [0.717, 1.165) is 6.42 Å². The number of carbonyl (C=O) groups is 2. The van der Waals surface area contributed by atoms with E-state index in [-0.39, 0.29) is 5.91 Å². The molecular weight excluding hydrogens is 476 g/mol. The Balaban J connectivity index is 1.51. The summed E-state index contributed by atoms with van der Waals surface area (Å²) in [4.78, 5) is 26.4. The summed E-state index contributed by atoms with van der Waals surface area (Å²) < 4.78 is 16.1. The number of thioether (sulfide) groups is 1.